The second-order valence-corrected chi connectivity index (χ2v) is 6.69. The highest BCUT2D eigenvalue weighted by Crippen LogP contribution is 2.13. The molecule has 19 heavy (non-hydrogen) atoms. The van der Waals surface area contributed by atoms with Crippen LogP contribution in [0.3, 0.4) is 0 Å². The number of hydrogen-bond donors (Lipinski definition) is 1. The van der Waals surface area contributed by atoms with Gasteiger partial charge >= 0.3 is 0 Å². The molecular weight excluding hydrogens is 262 g/mol. The molecule has 0 spiro atoms. The Morgan fingerprint density at radius 2 is 2.11 bits per heavy atom. The van der Waals surface area contributed by atoms with Crippen LogP contribution < -0.4 is 5.32 Å². The zero-order valence-corrected chi connectivity index (χ0v) is 13.3. The van der Waals surface area contributed by atoms with Crippen LogP contribution in [0.2, 0.25) is 0 Å². The van der Waals surface area contributed by atoms with Gasteiger partial charge in [-0.3, -0.25) is 0 Å². The van der Waals surface area contributed by atoms with Crippen LogP contribution in [0, 0.1) is 0 Å². The van der Waals surface area contributed by atoms with Crippen LogP contribution in [0.25, 0.3) is 0 Å². The second kappa shape index (κ2) is 7.81. The lowest BCUT2D eigenvalue weighted by Gasteiger charge is -2.20. The summed E-state index contributed by atoms with van der Waals surface area (Å²) in [6, 6.07) is 0. The molecule has 0 fully saturated rings. The van der Waals surface area contributed by atoms with Gasteiger partial charge in [-0.25, -0.2) is 4.68 Å². The first-order valence-electron chi connectivity index (χ1n) is 6.64. The van der Waals surface area contributed by atoms with E-state index >= 15 is 0 Å². The third kappa shape index (κ3) is 7.49. The van der Waals surface area contributed by atoms with Crippen LogP contribution in [-0.4, -0.2) is 50.8 Å². The Morgan fingerprint density at radius 3 is 2.74 bits per heavy atom. The molecule has 6 nitrogen and oxygen atoms in total. The van der Waals surface area contributed by atoms with Crippen LogP contribution in [-0.2, 0) is 11.3 Å². The van der Waals surface area contributed by atoms with Crippen molar-refractivity contribution in [2.24, 2.45) is 0 Å². The van der Waals surface area contributed by atoms with Crippen LogP contribution in [0.15, 0.2) is 5.16 Å². The fourth-order valence-corrected chi connectivity index (χ4v) is 2.13. The van der Waals surface area contributed by atoms with Crippen molar-refractivity contribution in [2.75, 3.05) is 18.9 Å². The molecule has 0 aliphatic heterocycles. The van der Waals surface area contributed by atoms with E-state index in [1.165, 1.54) is 0 Å². The van der Waals surface area contributed by atoms with Gasteiger partial charge < -0.3 is 10.1 Å². The summed E-state index contributed by atoms with van der Waals surface area (Å²) < 4.78 is 7.33. The molecule has 0 aliphatic carbocycles. The Bertz CT molecular complexity index is 361. The summed E-state index contributed by atoms with van der Waals surface area (Å²) in [5.74, 6) is 0.866. The molecule has 0 saturated heterocycles. The summed E-state index contributed by atoms with van der Waals surface area (Å²) >= 11 is 1.63. The van der Waals surface area contributed by atoms with Crippen molar-refractivity contribution in [1.29, 1.82) is 0 Å². The number of thioether (sulfide) groups is 1. The highest BCUT2D eigenvalue weighted by Gasteiger charge is 2.10. The monoisotopic (exact) mass is 287 g/mol. The Morgan fingerprint density at radius 1 is 1.37 bits per heavy atom. The van der Waals surface area contributed by atoms with Gasteiger partial charge in [0.2, 0.25) is 5.16 Å². The standard InChI is InChI=1S/C12H25N5OS/c1-10(2)18-8-9-19-11-14-15-16-17(11)7-6-13-12(3,4)5/h10,13H,6-9H2,1-5H3. The molecule has 1 aromatic rings. The molecule has 0 radical (unpaired) electrons. The Hall–Kier alpha value is -0.660. The predicted octanol–water partition coefficient (Wildman–Crippen LogP) is 1.58. The van der Waals surface area contributed by atoms with E-state index in [4.69, 9.17) is 4.74 Å². The first-order chi connectivity index (χ1) is 8.88. The molecular formula is C12H25N5OS. The Labute approximate surface area is 119 Å². The number of ether oxygens (including phenoxy) is 1. The molecule has 0 unspecified atom stereocenters. The van der Waals surface area contributed by atoms with E-state index in [1.54, 1.807) is 11.8 Å². The van der Waals surface area contributed by atoms with Gasteiger partial charge in [-0.15, -0.1) is 5.10 Å². The van der Waals surface area contributed by atoms with E-state index in [1.807, 2.05) is 18.5 Å². The van der Waals surface area contributed by atoms with Gasteiger partial charge in [0, 0.05) is 17.8 Å². The summed E-state index contributed by atoms with van der Waals surface area (Å²) in [7, 11) is 0. The lowest BCUT2D eigenvalue weighted by Crippen LogP contribution is -2.38. The van der Waals surface area contributed by atoms with Crippen molar-refractivity contribution >= 4 is 11.8 Å². The number of tetrazole rings is 1. The Kier molecular flexibility index (Phi) is 6.74. The average molecular weight is 287 g/mol. The van der Waals surface area contributed by atoms with E-state index in [-0.39, 0.29) is 11.6 Å². The number of nitrogens with zero attached hydrogens (tertiary/aromatic N) is 4. The minimum atomic E-state index is 0.117. The third-order valence-corrected chi connectivity index (χ3v) is 3.17. The lowest BCUT2D eigenvalue weighted by molar-refractivity contribution is 0.0920. The summed E-state index contributed by atoms with van der Waals surface area (Å²) in [6.45, 7) is 12.8. The minimum Gasteiger partial charge on any atom is -0.378 e. The highest BCUT2D eigenvalue weighted by atomic mass is 32.2. The molecule has 1 aromatic heterocycles. The number of aromatic nitrogens is 4. The maximum absolute atomic E-state index is 5.49. The van der Waals surface area contributed by atoms with Gasteiger partial charge in [0.25, 0.3) is 0 Å². The van der Waals surface area contributed by atoms with Gasteiger partial charge in [0.15, 0.2) is 0 Å². The molecule has 7 heteroatoms. The minimum absolute atomic E-state index is 0.117. The number of nitrogens with one attached hydrogen (secondary N) is 1. The molecule has 110 valence electrons. The topological polar surface area (TPSA) is 64.9 Å². The van der Waals surface area contributed by atoms with Crippen molar-refractivity contribution in [3.8, 4) is 0 Å². The smallest absolute Gasteiger partial charge is 0.209 e. The maximum Gasteiger partial charge on any atom is 0.209 e. The molecule has 0 amide bonds. The van der Waals surface area contributed by atoms with Crippen LogP contribution in [0.1, 0.15) is 34.6 Å². The largest absolute Gasteiger partial charge is 0.378 e. The summed E-state index contributed by atoms with van der Waals surface area (Å²) in [5.41, 5.74) is 0.117. The fraction of sp³-hybridized carbons (Fsp3) is 0.917. The highest BCUT2D eigenvalue weighted by molar-refractivity contribution is 7.99. The van der Waals surface area contributed by atoms with Crippen molar-refractivity contribution in [1.82, 2.24) is 25.5 Å². The van der Waals surface area contributed by atoms with Gasteiger partial charge in [0.1, 0.15) is 0 Å². The van der Waals surface area contributed by atoms with Crippen molar-refractivity contribution in [2.45, 2.75) is 58.0 Å². The molecule has 1 rings (SSSR count). The van der Waals surface area contributed by atoms with Crippen molar-refractivity contribution in [3.05, 3.63) is 0 Å². The van der Waals surface area contributed by atoms with Gasteiger partial charge in [0.05, 0.1) is 19.3 Å². The lowest BCUT2D eigenvalue weighted by atomic mass is 10.1. The van der Waals surface area contributed by atoms with Crippen LogP contribution in [0.4, 0.5) is 0 Å². The zero-order chi connectivity index (χ0) is 14.3. The van der Waals surface area contributed by atoms with Gasteiger partial charge in [-0.1, -0.05) is 11.8 Å². The molecule has 0 aromatic carbocycles. The summed E-state index contributed by atoms with van der Waals surface area (Å²) in [4.78, 5) is 0. The van der Waals surface area contributed by atoms with E-state index in [0.717, 1.165) is 30.6 Å². The summed E-state index contributed by atoms with van der Waals surface area (Å²) in [5, 5.41) is 16.0. The zero-order valence-electron chi connectivity index (χ0n) is 12.5. The second-order valence-electron chi connectivity index (χ2n) is 5.63. The van der Waals surface area contributed by atoms with E-state index < -0.39 is 0 Å². The molecule has 0 atom stereocenters. The Balaban J connectivity index is 2.30. The van der Waals surface area contributed by atoms with E-state index in [2.05, 4.69) is 41.6 Å². The molecule has 0 saturated carbocycles. The first-order valence-corrected chi connectivity index (χ1v) is 7.62. The third-order valence-electron chi connectivity index (χ3n) is 2.24. The fourth-order valence-electron chi connectivity index (χ4n) is 1.39. The maximum atomic E-state index is 5.49. The van der Waals surface area contributed by atoms with Crippen LogP contribution in [0.5, 0.6) is 0 Å². The van der Waals surface area contributed by atoms with Gasteiger partial charge in [-0.05, 0) is 45.0 Å². The van der Waals surface area contributed by atoms with E-state index in [9.17, 15) is 0 Å². The predicted molar refractivity (Wildman–Crippen MR) is 77.4 cm³/mol. The molecule has 1 heterocycles. The average Bonchev–Trinajstić information content (AvgIpc) is 2.70. The van der Waals surface area contributed by atoms with Crippen LogP contribution >= 0.6 is 11.8 Å². The molecule has 1 N–H and O–H groups in total. The van der Waals surface area contributed by atoms with Crippen molar-refractivity contribution in [3.63, 3.8) is 0 Å². The molecule has 0 bridgehead atoms. The van der Waals surface area contributed by atoms with Gasteiger partial charge in [-0.2, -0.15) is 0 Å². The number of rotatable bonds is 8. The van der Waals surface area contributed by atoms with E-state index in [0.29, 0.717) is 0 Å². The molecule has 0 aliphatic rings. The normalized spacial score (nSPS) is 12.3. The summed E-state index contributed by atoms with van der Waals surface area (Å²) in [6.07, 6.45) is 0.271. The van der Waals surface area contributed by atoms with Crippen molar-refractivity contribution < 1.29 is 4.74 Å². The quantitative estimate of drug-likeness (QED) is 0.578. The number of hydrogen-bond acceptors (Lipinski definition) is 6. The SMILES string of the molecule is CC(C)OCCSc1nnnn1CCNC(C)(C)C. The first kappa shape index (κ1) is 16.4.